The van der Waals surface area contributed by atoms with Crippen molar-refractivity contribution in [3.8, 4) is 0 Å². The van der Waals surface area contributed by atoms with Gasteiger partial charge in [-0.2, -0.15) is 13.2 Å². The van der Waals surface area contributed by atoms with Crippen LogP contribution in [-0.4, -0.2) is 41.4 Å². The van der Waals surface area contributed by atoms with Gasteiger partial charge in [0.1, 0.15) is 0 Å². The molecule has 0 aliphatic rings. The topological polar surface area (TPSA) is 77.3 Å². The summed E-state index contributed by atoms with van der Waals surface area (Å²) in [5.74, 6) is 0.842. The van der Waals surface area contributed by atoms with Crippen LogP contribution >= 0.6 is 23.1 Å². The van der Waals surface area contributed by atoms with E-state index in [2.05, 4.69) is 20.3 Å². The molecule has 0 aliphatic heterocycles. The molecule has 0 aromatic carbocycles. The average molecular weight is 367 g/mol. The van der Waals surface area contributed by atoms with Gasteiger partial charge in [-0.25, -0.2) is 4.79 Å². The van der Waals surface area contributed by atoms with Crippen LogP contribution in [-0.2, 0) is 11.2 Å². The van der Waals surface area contributed by atoms with Crippen LogP contribution in [0.3, 0.4) is 0 Å². The molecule has 0 aliphatic carbocycles. The molecule has 0 unspecified atom stereocenters. The largest absolute Gasteiger partial charge is 0.440 e. The number of hydrogen-bond donors (Lipinski definition) is 1. The highest BCUT2D eigenvalue weighted by atomic mass is 32.2. The molecule has 23 heavy (non-hydrogen) atoms. The molecule has 1 N–H and O–H groups in total. The first-order valence-electron chi connectivity index (χ1n) is 6.37. The molecule has 2 aromatic heterocycles. The number of nitrogens with zero attached hydrogens (tertiary/aromatic N) is 2. The van der Waals surface area contributed by atoms with E-state index < -0.39 is 18.9 Å². The van der Waals surface area contributed by atoms with E-state index in [0.29, 0.717) is 23.3 Å². The zero-order valence-electron chi connectivity index (χ0n) is 11.6. The molecular weight excluding hydrogens is 355 g/mol. The number of alkyl halides is 3. The summed E-state index contributed by atoms with van der Waals surface area (Å²) in [6.45, 7) is -1.49. The van der Waals surface area contributed by atoms with E-state index in [1.807, 2.05) is 17.5 Å². The first-order chi connectivity index (χ1) is 10.9. The quantitative estimate of drug-likeness (QED) is 0.599. The monoisotopic (exact) mass is 367 g/mol. The fourth-order valence-corrected chi connectivity index (χ4v) is 2.75. The Morgan fingerprint density at radius 1 is 1.43 bits per heavy atom. The Balaban J connectivity index is 1.63. The SMILES string of the molecule is O=C(NCCSc1nnc(Cc2cccs2)o1)OCC(F)(F)F. The minimum atomic E-state index is -4.53. The van der Waals surface area contributed by atoms with Crippen molar-refractivity contribution in [2.75, 3.05) is 18.9 Å². The Kier molecular flexibility index (Phi) is 6.28. The fraction of sp³-hybridized carbons (Fsp3) is 0.417. The molecular formula is C12H12F3N3O3S2. The zero-order chi connectivity index (χ0) is 16.7. The van der Waals surface area contributed by atoms with Crippen molar-refractivity contribution >= 4 is 29.2 Å². The van der Waals surface area contributed by atoms with Crippen LogP contribution in [0.15, 0.2) is 27.2 Å². The van der Waals surface area contributed by atoms with Crippen LogP contribution in [0, 0.1) is 0 Å². The molecule has 0 radical (unpaired) electrons. The number of hydrogen-bond acceptors (Lipinski definition) is 7. The normalized spacial score (nSPS) is 11.4. The van der Waals surface area contributed by atoms with Crippen LogP contribution in [0.5, 0.6) is 0 Å². The summed E-state index contributed by atoms with van der Waals surface area (Å²) in [5.41, 5.74) is 0. The van der Waals surface area contributed by atoms with E-state index in [-0.39, 0.29) is 6.54 Å². The summed E-state index contributed by atoms with van der Waals surface area (Å²) in [6, 6.07) is 3.88. The molecule has 0 saturated heterocycles. The van der Waals surface area contributed by atoms with Gasteiger partial charge in [-0.1, -0.05) is 17.8 Å². The Bertz CT molecular complexity index is 617. The first kappa shape index (κ1) is 17.6. The zero-order valence-corrected chi connectivity index (χ0v) is 13.3. The van der Waals surface area contributed by atoms with Gasteiger partial charge >= 0.3 is 12.3 Å². The molecule has 0 bridgehead atoms. The van der Waals surface area contributed by atoms with Crippen LogP contribution < -0.4 is 5.32 Å². The lowest BCUT2D eigenvalue weighted by atomic mass is 10.3. The minimum absolute atomic E-state index is 0.115. The molecule has 2 heterocycles. The molecule has 11 heteroatoms. The predicted octanol–water partition coefficient (Wildman–Crippen LogP) is 3.10. The van der Waals surface area contributed by atoms with Gasteiger partial charge in [-0.3, -0.25) is 0 Å². The van der Waals surface area contributed by atoms with E-state index in [1.165, 1.54) is 11.8 Å². The van der Waals surface area contributed by atoms with Crippen molar-refractivity contribution in [3.05, 3.63) is 28.3 Å². The van der Waals surface area contributed by atoms with Crippen molar-refractivity contribution in [2.24, 2.45) is 0 Å². The average Bonchev–Trinajstić information content (AvgIpc) is 3.13. The number of thiophene rings is 1. The van der Waals surface area contributed by atoms with Gasteiger partial charge in [0.15, 0.2) is 6.61 Å². The standard InChI is InChI=1S/C12H12F3N3O3S2/c13-12(14,15)7-20-10(19)16-3-5-23-11-18-17-9(21-11)6-8-2-1-4-22-8/h1-2,4H,3,5-7H2,(H,16,19). The number of halogens is 3. The second-order valence-electron chi connectivity index (χ2n) is 4.18. The number of nitrogens with one attached hydrogen (secondary N) is 1. The fourth-order valence-electron chi connectivity index (χ4n) is 1.42. The summed E-state index contributed by atoms with van der Waals surface area (Å²) < 4.78 is 44.9. The van der Waals surface area contributed by atoms with Gasteiger partial charge in [0.2, 0.25) is 5.89 Å². The Morgan fingerprint density at radius 2 is 2.26 bits per heavy atom. The third kappa shape index (κ3) is 6.91. The van der Waals surface area contributed by atoms with Crippen LogP contribution in [0.2, 0.25) is 0 Å². The number of thioether (sulfide) groups is 1. The number of amides is 1. The van der Waals surface area contributed by atoms with Crippen molar-refractivity contribution in [1.82, 2.24) is 15.5 Å². The van der Waals surface area contributed by atoms with Gasteiger partial charge in [0.05, 0.1) is 6.42 Å². The first-order valence-corrected chi connectivity index (χ1v) is 8.24. The van der Waals surface area contributed by atoms with Gasteiger partial charge < -0.3 is 14.5 Å². The van der Waals surface area contributed by atoms with Gasteiger partial charge in [-0.15, -0.1) is 21.5 Å². The Morgan fingerprint density at radius 3 is 2.96 bits per heavy atom. The number of aromatic nitrogens is 2. The lowest BCUT2D eigenvalue weighted by Gasteiger charge is -2.08. The molecule has 126 valence electrons. The molecule has 0 atom stereocenters. The smallest absolute Gasteiger partial charge is 0.422 e. The highest BCUT2D eigenvalue weighted by molar-refractivity contribution is 7.99. The number of carbonyl (C=O) groups is 1. The maximum absolute atomic E-state index is 11.8. The van der Waals surface area contributed by atoms with Crippen LogP contribution in [0.1, 0.15) is 10.8 Å². The molecule has 0 spiro atoms. The molecule has 0 saturated carbocycles. The summed E-state index contributed by atoms with van der Waals surface area (Å²) in [4.78, 5) is 12.1. The Labute approximate surface area is 137 Å². The van der Waals surface area contributed by atoms with E-state index in [9.17, 15) is 18.0 Å². The maximum Gasteiger partial charge on any atom is 0.422 e. The molecule has 2 aromatic rings. The van der Waals surface area contributed by atoms with Crippen molar-refractivity contribution in [2.45, 2.75) is 17.8 Å². The highest BCUT2D eigenvalue weighted by Crippen LogP contribution is 2.19. The van der Waals surface area contributed by atoms with E-state index in [0.717, 1.165) is 4.88 Å². The third-order valence-corrected chi connectivity index (χ3v) is 4.01. The van der Waals surface area contributed by atoms with Crippen molar-refractivity contribution in [1.29, 1.82) is 0 Å². The minimum Gasteiger partial charge on any atom is -0.440 e. The van der Waals surface area contributed by atoms with Crippen molar-refractivity contribution < 1.29 is 27.1 Å². The number of carbonyl (C=O) groups excluding carboxylic acids is 1. The number of ether oxygens (including phenoxy) is 1. The lowest BCUT2D eigenvalue weighted by Crippen LogP contribution is -2.30. The molecule has 0 fully saturated rings. The Hall–Kier alpha value is -1.75. The third-order valence-electron chi connectivity index (χ3n) is 2.32. The maximum atomic E-state index is 11.8. The van der Waals surface area contributed by atoms with E-state index >= 15 is 0 Å². The van der Waals surface area contributed by atoms with Crippen LogP contribution in [0.4, 0.5) is 18.0 Å². The molecule has 6 nitrogen and oxygen atoms in total. The lowest BCUT2D eigenvalue weighted by molar-refractivity contribution is -0.160. The second-order valence-corrected chi connectivity index (χ2v) is 6.26. The van der Waals surface area contributed by atoms with Crippen molar-refractivity contribution in [3.63, 3.8) is 0 Å². The molecule has 2 rings (SSSR count). The van der Waals surface area contributed by atoms with E-state index in [1.54, 1.807) is 11.3 Å². The number of rotatable bonds is 7. The second kappa shape index (κ2) is 8.20. The van der Waals surface area contributed by atoms with Gasteiger partial charge in [0.25, 0.3) is 5.22 Å². The number of alkyl carbamates (subject to hydrolysis) is 1. The summed E-state index contributed by atoms with van der Waals surface area (Å²) in [6.07, 6.45) is -5.10. The summed E-state index contributed by atoms with van der Waals surface area (Å²) >= 11 is 2.77. The molecule has 1 amide bonds. The predicted molar refractivity (Wildman–Crippen MR) is 77.6 cm³/mol. The van der Waals surface area contributed by atoms with Gasteiger partial charge in [-0.05, 0) is 11.4 Å². The summed E-state index contributed by atoms with van der Waals surface area (Å²) in [5, 5.41) is 12.2. The van der Waals surface area contributed by atoms with Crippen LogP contribution in [0.25, 0.3) is 0 Å². The highest BCUT2D eigenvalue weighted by Gasteiger charge is 2.29. The summed E-state index contributed by atoms with van der Waals surface area (Å²) in [7, 11) is 0. The van der Waals surface area contributed by atoms with Gasteiger partial charge in [0, 0.05) is 17.2 Å². The van der Waals surface area contributed by atoms with E-state index in [4.69, 9.17) is 4.42 Å².